The Labute approximate surface area is 164 Å². The van der Waals surface area contributed by atoms with Gasteiger partial charge in [0.1, 0.15) is 4.32 Å². The highest BCUT2D eigenvalue weighted by Crippen LogP contribution is 2.46. The van der Waals surface area contributed by atoms with Gasteiger partial charge in [-0.25, -0.2) is 0 Å². The van der Waals surface area contributed by atoms with E-state index in [0.29, 0.717) is 10.9 Å². The number of hydrogen-bond acceptors (Lipinski definition) is 4. The molecule has 0 bridgehead atoms. The molecule has 0 N–H and O–H groups in total. The Bertz CT molecular complexity index is 910. The van der Waals surface area contributed by atoms with Crippen LogP contribution in [0.2, 0.25) is 0 Å². The first-order valence-electron chi connectivity index (χ1n) is 9.04. The van der Waals surface area contributed by atoms with Crippen molar-refractivity contribution in [2.75, 3.05) is 18.5 Å². The molecule has 4 rings (SSSR count). The number of amides is 1. The molecule has 0 atom stereocenters. The lowest BCUT2D eigenvalue weighted by molar-refractivity contribution is -0.122. The molecular formula is C21H22N2OS2. The quantitative estimate of drug-likeness (QED) is 0.524. The van der Waals surface area contributed by atoms with Crippen LogP contribution in [0.1, 0.15) is 38.7 Å². The molecule has 3 aliphatic rings. The SMILES string of the molecule is CCN1C(=O)C(=CC2=C3C(=C(C)c4ccccc4N3C)CCC2)SC1=S. The number of likely N-dealkylation sites (N-methyl/N-ethyl adjacent to an activating group) is 2. The largest absolute Gasteiger partial charge is 0.344 e. The molecule has 0 aromatic heterocycles. The van der Waals surface area contributed by atoms with E-state index in [-0.39, 0.29) is 5.91 Å². The van der Waals surface area contributed by atoms with Crippen LogP contribution in [0.15, 0.2) is 52.1 Å². The lowest BCUT2D eigenvalue weighted by Gasteiger charge is -2.37. The van der Waals surface area contributed by atoms with Crippen LogP contribution in [-0.2, 0) is 4.79 Å². The summed E-state index contributed by atoms with van der Waals surface area (Å²) in [6, 6.07) is 8.56. The van der Waals surface area contributed by atoms with Gasteiger partial charge in [-0.15, -0.1) is 0 Å². The smallest absolute Gasteiger partial charge is 0.266 e. The fourth-order valence-corrected chi connectivity index (χ4v) is 5.50. The highest BCUT2D eigenvalue weighted by Gasteiger charge is 2.33. The Morgan fingerprint density at radius 3 is 2.77 bits per heavy atom. The van der Waals surface area contributed by atoms with Gasteiger partial charge in [0.25, 0.3) is 5.91 Å². The predicted molar refractivity (Wildman–Crippen MR) is 114 cm³/mol. The Morgan fingerprint density at radius 1 is 1.27 bits per heavy atom. The first kappa shape index (κ1) is 17.6. The monoisotopic (exact) mass is 382 g/mol. The summed E-state index contributed by atoms with van der Waals surface area (Å²) in [5, 5.41) is 0. The van der Waals surface area contributed by atoms with E-state index in [1.54, 1.807) is 4.90 Å². The number of hydrogen-bond donors (Lipinski definition) is 0. The fourth-order valence-electron chi connectivity index (χ4n) is 4.11. The number of para-hydroxylation sites is 1. The standard InChI is InChI=1S/C21H22N2OS2/c1-4-23-20(24)18(26-21(23)25)12-14-8-7-10-16-13(2)15-9-5-6-11-17(15)22(3)19(14)16/h5-6,9,11-12H,4,7-8,10H2,1-3H3. The maximum Gasteiger partial charge on any atom is 0.266 e. The van der Waals surface area contributed by atoms with E-state index >= 15 is 0 Å². The maximum absolute atomic E-state index is 12.6. The summed E-state index contributed by atoms with van der Waals surface area (Å²) in [5.74, 6) is 0.0438. The molecule has 0 saturated carbocycles. The van der Waals surface area contributed by atoms with Crippen LogP contribution in [-0.4, -0.2) is 28.7 Å². The summed E-state index contributed by atoms with van der Waals surface area (Å²) >= 11 is 6.79. The van der Waals surface area contributed by atoms with Gasteiger partial charge in [0.2, 0.25) is 0 Å². The molecule has 1 fully saturated rings. The van der Waals surface area contributed by atoms with E-state index in [4.69, 9.17) is 12.2 Å². The van der Waals surface area contributed by atoms with Gasteiger partial charge in [-0.2, -0.15) is 0 Å². The summed E-state index contributed by atoms with van der Waals surface area (Å²) in [7, 11) is 2.14. The van der Waals surface area contributed by atoms with Crippen molar-refractivity contribution < 1.29 is 4.79 Å². The minimum Gasteiger partial charge on any atom is -0.344 e. The normalized spacial score (nSPS) is 21.7. The van der Waals surface area contributed by atoms with Crippen LogP contribution in [0.5, 0.6) is 0 Å². The number of thiocarbonyl (C=S) groups is 1. The number of carbonyl (C=O) groups excluding carboxylic acids is 1. The van der Waals surface area contributed by atoms with Gasteiger partial charge in [-0.1, -0.05) is 42.2 Å². The molecule has 1 aromatic rings. The number of rotatable bonds is 2. The number of nitrogens with zero attached hydrogens (tertiary/aromatic N) is 2. The molecule has 0 radical (unpaired) electrons. The molecule has 3 nitrogen and oxygen atoms in total. The summed E-state index contributed by atoms with van der Waals surface area (Å²) < 4.78 is 0.666. The zero-order valence-electron chi connectivity index (χ0n) is 15.3. The summed E-state index contributed by atoms with van der Waals surface area (Å²) in [6.45, 7) is 4.82. The summed E-state index contributed by atoms with van der Waals surface area (Å²) in [4.78, 5) is 17.4. The zero-order chi connectivity index (χ0) is 18.4. The fraction of sp³-hybridized carbons (Fsp3) is 0.333. The molecule has 1 aromatic carbocycles. The number of benzene rings is 1. The number of anilines is 1. The second kappa shape index (κ2) is 6.71. The van der Waals surface area contributed by atoms with Crippen molar-refractivity contribution in [2.45, 2.75) is 33.1 Å². The molecule has 2 aliphatic heterocycles. The highest BCUT2D eigenvalue weighted by atomic mass is 32.2. The van der Waals surface area contributed by atoms with E-state index in [1.807, 2.05) is 6.92 Å². The van der Waals surface area contributed by atoms with Crippen LogP contribution in [0.25, 0.3) is 5.57 Å². The molecular weight excluding hydrogens is 360 g/mol. The molecule has 2 heterocycles. The van der Waals surface area contributed by atoms with Crippen molar-refractivity contribution in [3.8, 4) is 0 Å². The molecule has 134 valence electrons. The summed E-state index contributed by atoms with van der Waals surface area (Å²) in [5.41, 5.74) is 7.84. The van der Waals surface area contributed by atoms with Crippen molar-refractivity contribution >= 4 is 45.5 Å². The zero-order valence-corrected chi connectivity index (χ0v) is 17.0. The van der Waals surface area contributed by atoms with Crippen molar-refractivity contribution in [1.29, 1.82) is 0 Å². The van der Waals surface area contributed by atoms with Crippen LogP contribution in [0.4, 0.5) is 5.69 Å². The van der Waals surface area contributed by atoms with Crippen molar-refractivity contribution in [2.24, 2.45) is 0 Å². The first-order chi connectivity index (χ1) is 12.5. The second-order valence-electron chi connectivity index (χ2n) is 6.83. The molecule has 0 unspecified atom stereocenters. The first-order valence-corrected chi connectivity index (χ1v) is 10.3. The van der Waals surface area contributed by atoms with E-state index < -0.39 is 0 Å². The molecule has 26 heavy (non-hydrogen) atoms. The minimum atomic E-state index is 0.0438. The lowest BCUT2D eigenvalue weighted by Crippen LogP contribution is -2.28. The van der Waals surface area contributed by atoms with E-state index in [9.17, 15) is 4.79 Å². The Kier molecular flexibility index (Phi) is 4.53. The summed E-state index contributed by atoms with van der Waals surface area (Å²) in [6.07, 6.45) is 5.29. The minimum absolute atomic E-state index is 0.0438. The Balaban J connectivity index is 1.84. The topological polar surface area (TPSA) is 23.6 Å². The third-order valence-corrected chi connectivity index (χ3v) is 6.79. The Hall–Kier alpha value is -1.85. The third-order valence-electron chi connectivity index (χ3n) is 5.42. The lowest BCUT2D eigenvalue weighted by atomic mass is 9.83. The van der Waals surface area contributed by atoms with Gasteiger partial charge in [-0.3, -0.25) is 9.69 Å². The molecule has 5 heteroatoms. The number of fused-ring (bicyclic) bond motifs is 2. The average Bonchev–Trinajstić information content (AvgIpc) is 2.92. The van der Waals surface area contributed by atoms with Gasteiger partial charge in [0.15, 0.2) is 0 Å². The average molecular weight is 383 g/mol. The van der Waals surface area contributed by atoms with Crippen LogP contribution >= 0.6 is 24.0 Å². The van der Waals surface area contributed by atoms with E-state index in [2.05, 4.69) is 49.2 Å². The maximum atomic E-state index is 12.6. The van der Waals surface area contributed by atoms with Crippen LogP contribution in [0, 0.1) is 0 Å². The van der Waals surface area contributed by atoms with Crippen molar-refractivity contribution in [3.05, 3.63) is 57.7 Å². The number of thioether (sulfide) groups is 1. The second-order valence-corrected chi connectivity index (χ2v) is 8.51. The van der Waals surface area contributed by atoms with E-state index in [0.717, 1.165) is 24.2 Å². The Morgan fingerprint density at radius 2 is 2.04 bits per heavy atom. The van der Waals surface area contributed by atoms with Crippen LogP contribution in [0.3, 0.4) is 0 Å². The predicted octanol–water partition coefficient (Wildman–Crippen LogP) is 5.11. The van der Waals surface area contributed by atoms with Gasteiger partial charge >= 0.3 is 0 Å². The third kappa shape index (κ3) is 2.65. The highest BCUT2D eigenvalue weighted by molar-refractivity contribution is 8.26. The van der Waals surface area contributed by atoms with Crippen molar-refractivity contribution in [1.82, 2.24) is 4.90 Å². The van der Waals surface area contributed by atoms with Crippen molar-refractivity contribution in [3.63, 3.8) is 0 Å². The van der Waals surface area contributed by atoms with Gasteiger partial charge in [0.05, 0.1) is 4.91 Å². The van der Waals surface area contributed by atoms with Crippen LogP contribution < -0.4 is 4.90 Å². The van der Waals surface area contributed by atoms with Gasteiger partial charge in [0, 0.05) is 30.5 Å². The molecule has 1 aliphatic carbocycles. The van der Waals surface area contributed by atoms with E-state index in [1.165, 1.54) is 45.4 Å². The molecule has 1 saturated heterocycles. The molecule has 1 amide bonds. The number of allylic oxidation sites excluding steroid dienone is 4. The van der Waals surface area contributed by atoms with Gasteiger partial charge < -0.3 is 4.90 Å². The molecule has 0 spiro atoms. The number of carbonyl (C=O) groups is 1. The van der Waals surface area contributed by atoms with Gasteiger partial charge in [-0.05, 0) is 62.0 Å².